The minimum absolute atomic E-state index is 0.0550. The lowest BCUT2D eigenvalue weighted by Gasteiger charge is -2.15. The van der Waals surface area contributed by atoms with Crippen LogP contribution in [-0.4, -0.2) is 21.4 Å². The number of hydrogen-bond acceptors (Lipinski definition) is 4. The number of sulfonamides is 1. The number of ether oxygens (including phenoxy) is 1. The van der Waals surface area contributed by atoms with E-state index < -0.39 is 33.4 Å². The molecule has 0 aliphatic heterocycles. The Morgan fingerprint density at radius 2 is 1.66 bits per heavy atom. The molecule has 3 aromatic carbocycles. The summed E-state index contributed by atoms with van der Waals surface area (Å²) in [6.45, 7) is 0. The molecule has 0 bridgehead atoms. The maximum absolute atomic E-state index is 13.0. The van der Waals surface area contributed by atoms with Gasteiger partial charge in [-0.1, -0.05) is 29.8 Å². The van der Waals surface area contributed by atoms with E-state index in [-0.39, 0.29) is 21.4 Å². The molecule has 0 fully saturated rings. The first-order chi connectivity index (χ1) is 15.0. The van der Waals surface area contributed by atoms with Crippen LogP contribution in [0.1, 0.15) is 15.9 Å². The molecule has 0 aliphatic rings. The largest absolute Gasteiger partial charge is 0.495 e. The molecule has 11 heteroatoms. The zero-order valence-corrected chi connectivity index (χ0v) is 18.0. The molecule has 1 amide bonds. The Morgan fingerprint density at radius 3 is 2.28 bits per heavy atom. The number of methoxy groups -OCH3 is 1. The molecule has 0 atom stereocenters. The summed E-state index contributed by atoms with van der Waals surface area (Å²) in [5.74, 6) is -0.322. The Kier molecular flexibility index (Phi) is 6.65. The van der Waals surface area contributed by atoms with Crippen molar-refractivity contribution in [2.24, 2.45) is 0 Å². The number of halogens is 4. The van der Waals surface area contributed by atoms with E-state index in [2.05, 4.69) is 10.0 Å². The van der Waals surface area contributed by atoms with Crippen molar-refractivity contribution in [1.29, 1.82) is 0 Å². The molecule has 0 spiro atoms. The highest BCUT2D eigenvalue weighted by Gasteiger charge is 2.31. The number of alkyl halides is 3. The zero-order chi connectivity index (χ0) is 23.5. The fraction of sp³-hybridized carbons (Fsp3) is 0.0952. The van der Waals surface area contributed by atoms with Gasteiger partial charge < -0.3 is 10.1 Å². The average Bonchev–Trinajstić information content (AvgIpc) is 2.75. The second-order valence-electron chi connectivity index (χ2n) is 6.48. The quantitative estimate of drug-likeness (QED) is 0.489. The lowest BCUT2D eigenvalue weighted by Crippen LogP contribution is -2.16. The normalized spacial score (nSPS) is 11.7. The average molecular weight is 485 g/mol. The molecule has 0 saturated heterocycles. The van der Waals surface area contributed by atoms with Crippen LogP contribution >= 0.6 is 11.6 Å². The van der Waals surface area contributed by atoms with Gasteiger partial charge in [0.25, 0.3) is 15.9 Å². The molecule has 6 nitrogen and oxygen atoms in total. The monoisotopic (exact) mass is 484 g/mol. The molecule has 0 aromatic heterocycles. The molecule has 3 rings (SSSR count). The highest BCUT2D eigenvalue weighted by molar-refractivity contribution is 7.92. The van der Waals surface area contributed by atoms with Gasteiger partial charge in [-0.25, -0.2) is 8.42 Å². The maximum atomic E-state index is 13.0. The van der Waals surface area contributed by atoms with Crippen molar-refractivity contribution in [2.45, 2.75) is 11.1 Å². The summed E-state index contributed by atoms with van der Waals surface area (Å²) < 4.78 is 71.8. The van der Waals surface area contributed by atoms with E-state index in [9.17, 15) is 26.4 Å². The van der Waals surface area contributed by atoms with E-state index >= 15 is 0 Å². The van der Waals surface area contributed by atoms with E-state index in [1.165, 1.54) is 19.2 Å². The first kappa shape index (κ1) is 23.4. The lowest BCUT2D eigenvalue weighted by atomic mass is 10.2. The second kappa shape index (κ2) is 9.09. The fourth-order valence-electron chi connectivity index (χ4n) is 2.72. The van der Waals surface area contributed by atoms with Crippen LogP contribution in [0.5, 0.6) is 5.75 Å². The van der Waals surface area contributed by atoms with Gasteiger partial charge in [0.2, 0.25) is 0 Å². The predicted molar refractivity (Wildman–Crippen MR) is 115 cm³/mol. The minimum Gasteiger partial charge on any atom is -0.495 e. The van der Waals surface area contributed by atoms with Crippen molar-refractivity contribution >= 4 is 38.9 Å². The number of carbonyl (C=O) groups is 1. The van der Waals surface area contributed by atoms with Crippen molar-refractivity contribution in [3.8, 4) is 5.75 Å². The molecular formula is C21H16ClF3N2O4S. The Labute approximate surface area is 187 Å². The summed E-state index contributed by atoms with van der Waals surface area (Å²) in [5, 5.41) is 2.35. The van der Waals surface area contributed by atoms with Gasteiger partial charge >= 0.3 is 6.18 Å². The molecule has 168 valence electrons. The number of carbonyl (C=O) groups excluding carboxylic acids is 1. The Bertz CT molecular complexity index is 1250. The van der Waals surface area contributed by atoms with Crippen LogP contribution in [0.2, 0.25) is 5.02 Å². The van der Waals surface area contributed by atoms with Crippen molar-refractivity contribution in [1.82, 2.24) is 0 Å². The number of nitrogens with one attached hydrogen (secondary N) is 2. The number of amides is 1. The van der Waals surface area contributed by atoms with Crippen LogP contribution in [0.15, 0.2) is 71.6 Å². The third-order valence-corrected chi connectivity index (χ3v) is 6.00. The van der Waals surface area contributed by atoms with Crippen molar-refractivity contribution in [2.75, 3.05) is 17.1 Å². The van der Waals surface area contributed by atoms with E-state index in [1.807, 2.05) is 0 Å². The van der Waals surface area contributed by atoms with E-state index in [0.29, 0.717) is 11.6 Å². The molecule has 0 unspecified atom stereocenters. The highest BCUT2D eigenvalue weighted by Crippen LogP contribution is 2.35. The van der Waals surface area contributed by atoms with E-state index in [4.69, 9.17) is 16.3 Å². The van der Waals surface area contributed by atoms with E-state index in [0.717, 1.165) is 18.2 Å². The second-order valence-corrected chi connectivity index (χ2v) is 8.57. The molecule has 3 aromatic rings. The summed E-state index contributed by atoms with van der Waals surface area (Å²) in [6.07, 6.45) is -4.68. The van der Waals surface area contributed by atoms with Gasteiger partial charge in [-0.05, 0) is 48.5 Å². The fourth-order valence-corrected chi connectivity index (χ4v) is 4.04. The molecule has 0 saturated carbocycles. The predicted octanol–water partition coefficient (Wildman–Crippen LogP) is 5.42. The summed E-state index contributed by atoms with van der Waals surface area (Å²) in [7, 11) is -3.02. The van der Waals surface area contributed by atoms with Gasteiger partial charge in [0, 0.05) is 5.56 Å². The van der Waals surface area contributed by atoms with Crippen LogP contribution in [0.25, 0.3) is 0 Å². The lowest BCUT2D eigenvalue weighted by molar-refractivity contribution is -0.137. The van der Waals surface area contributed by atoms with Crippen LogP contribution in [0.4, 0.5) is 24.5 Å². The smallest absolute Gasteiger partial charge is 0.416 e. The number of anilines is 2. The topological polar surface area (TPSA) is 84.5 Å². The molecule has 0 heterocycles. The van der Waals surface area contributed by atoms with Gasteiger partial charge in [-0.3, -0.25) is 9.52 Å². The van der Waals surface area contributed by atoms with Gasteiger partial charge in [0.05, 0.1) is 34.0 Å². The summed E-state index contributed by atoms with van der Waals surface area (Å²) in [5.41, 5.74) is -1.12. The summed E-state index contributed by atoms with van der Waals surface area (Å²) in [4.78, 5) is 12.1. The zero-order valence-electron chi connectivity index (χ0n) is 16.4. The number of benzene rings is 3. The van der Waals surface area contributed by atoms with Crippen LogP contribution < -0.4 is 14.8 Å². The molecule has 32 heavy (non-hydrogen) atoms. The highest BCUT2D eigenvalue weighted by atomic mass is 35.5. The van der Waals surface area contributed by atoms with Crippen molar-refractivity contribution in [3.63, 3.8) is 0 Å². The van der Waals surface area contributed by atoms with Gasteiger partial charge in [-0.15, -0.1) is 0 Å². The van der Waals surface area contributed by atoms with E-state index in [1.54, 1.807) is 30.3 Å². The molecule has 0 aliphatic carbocycles. The summed E-state index contributed by atoms with van der Waals surface area (Å²) in [6, 6.07) is 14.1. The van der Waals surface area contributed by atoms with Gasteiger partial charge in [-0.2, -0.15) is 13.2 Å². The van der Waals surface area contributed by atoms with Gasteiger partial charge in [0.1, 0.15) is 5.75 Å². The molecule has 2 N–H and O–H groups in total. The minimum atomic E-state index is -4.68. The van der Waals surface area contributed by atoms with Crippen LogP contribution in [0, 0.1) is 0 Å². The van der Waals surface area contributed by atoms with Crippen LogP contribution in [-0.2, 0) is 16.2 Å². The first-order valence-corrected chi connectivity index (χ1v) is 10.8. The number of hydrogen-bond donors (Lipinski definition) is 2. The molecule has 0 radical (unpaired) electrons. The van der Waals surface area contributed by atoms with Gasteiger partial charge in [0.15, 0.2) is 0 Å². The Balaban J connectivity index is 1.94. The maximum Gasteiger partial charge on any atom is 0.416 e. The summed E-state index contributed by atoms with van der Waals surface area (Å²) >= 11 is 5.88. The Hall–Kier alpha value is -3.24. The number of rotatable bonds is 6. The third-order valence-electron chi connectivity index (χ3n) is 4.30. The third kappa shape index (κ3) is 5.32. The van der Waals surface area contributed by atoms with Crippen LogP contribution in [0.3, 0.4) is 0 Å². The van der Waals surface area contributed by atoms with Crippen molar-refractivity contribution < 1.29 is 31.1 Å². The Morgan fingerprint density at radius 1 is 0.969 bits per heavy atom. The SMILES string of the molecule is COc1ccc(S(=O)(=O)Nc2cc(C(F)(F)F)ccc2Cl)cc1NC(=O)c1ccccc1. The van der Waals surface area contributed by atoms with Crippen molar-refractivity contribution in [3.05, 3.63) is 82.9 Å². The molecular weight excluding hydrogens is 469 g/mol. The standard InChI is InChI=1S/C21H16ClF3N2O4S/c1-31-19-10-8-15(12-18(19)26-20(28)13-5-3-2-4-6-13)32(29,30)27-17-11-14(21(23,24)25)7-9-16(17)22/h2-12,27H,1H3,(H,26,28). The first-order valence-electron chi connectivity index (χ1n) is 8.95.